The maximum atomic E-state index is 6.90. The second kappa shape index (κ2) is 23.5. The van der Waals surface area contributed by atoms with Crippen LogP contribution in [0.15, 0.2) is 72.8 Å². The van der Waals surface area contributed by atoms with Crippen LogP contribution < -0.4 is 18.9 Å². The molecule has 0 spiro atoms. The van der Waals surface area contributed by atoms with E-state index in [4.69, 9.17) is 37.9 Å². The first-order valence-electron chi connectivity index (χ1n) is 22.3. The molecule has 6 rings (SSSR count). The molecule has 0 saturated heterocycles. The van der Waals surface area contributed by atoms with E-state index in [1.807, 2.05) is 0 Å². The van der Waals surface area contributed by atoms with Crippen LogP contribution in [0.4, 0.5) is 0 Å². The van der Waals surface area contributed by atoms with Crippen LogP contribution in [0.25, 0.3) is 0 Å². The molecular weight excluding hydrogens is 874 g/mol. The first-order chi connectivity index (χ1) is 29.0. The van der Waals surface area contributed by atoms with Gasteiger partial charge < -0.3 is 18.9 Å². The second-order valence-electron chi connectivity index (χ2n) is 18.5. The SMILES string of the molecule is [CH3][Ge]([CH3])([CH3])[CH2]CCOc1c2cccc1Cc1cccc3c1OCCOCCOCCOCCOCCOc1c(cccc1Cc1cccc(c1OCC[CH2][Ge]([CH3])([CH3])[CH3])C3)C2. The molecular formula is C50H70Ge2O8. The van der Waals surface area contributed by atoms with Crippen LogP contribution in [0.3, 0.4) is 0 Å². The van der Waals surface area contributed by atoms with Gasteiger partial charge in [0.15, 0.2) is 0 Å². The Bertz CT molecular complexity index is 1710. The van der Waals surface area contributed by atoms with Gasteiger partial charge in [-0.15, -0.1) is 0 Å². The molecule has 8 nitrogen and oxygen atoms in total. The number of para-hydroxylation sites is 4. The molecule has 0 fully saturated rings. The maximum absolute atomic E-state index is 6.90. The molecule has 0 saturated carbocycles. The summed E-state index contributed by atoms with van der Waals surface area (Å²) >= 11 is -3.47. The summed E-state index contributed by atoms with van der Waals surface area (Å²) in [6.45, 7) is 6.14. The van der Waals surface area contributed by atoms with E-state index < -0.39 is 26.5 Å². The van der Waals surface area contributed by atoms with Crippen molar-refractivity contribution < 1.29 is 37.9 Å². The first kappa shape index (κ1) is 46.5. The van der Waals surface area contributed by atoms with Crippen LogP contribution >= 0.6 is 0 Å². The van der Waals surface area contributed by atoms with E-state index in [0.29, 0.717) is 105 Å². The average molecular weight is 944 g/mol. The summed E-state index contributed by atoms with van der Waals surface area (Å²) in [5.74, 6) is 18.6. The van der Waals surface area contributed by atoms with Gasteiger partial charge in [-0.1, -0.05) is 0 Å². The van der Waals surface area contributed by atoms with Gasteiger partial charge in [0, 0.05) is 0 Å². The normalized spacial score (nSPS) is 16.3. The first-order valence-corrected chi connectivity index (χ1v) is 37.8. The van der Waals surface area contributed by atoms with Gasteiger partial charge in [0.05, 0.1) is 39.6 Å². The van der Waals surface area contributed by atoms with E-state index in [1.165, 1.54) is 10.5 Å². The summed E-state index contributed by atoms with van der Waals surface area (Å²) in [6, 6.07) is 26.4. The molecule has 1 aliphatic heterocycles. The molecule has 4 aromatic rings. The fraction of sp³-hybridized carbons (Fsp3) is 0.520. The Morgan fingerprint density at radius 1 is 0.383 bits per heavy atom. The van der Waals surface area contributed by atoms with Crippen LogP contribution in [0.1, 0.15) is 57.3 Å². The average Bonchev–Trinajstić information content (AvgIpc) is 3.19. The summed E-state index contributed by atoms with van der Waals surface area (Å²) in [6.07, 6.45) is 4.79. The van der Waals surface area contributed by atoms with Gasteiger partial charge in [-0.05, 0) is 0 Å². The van der Waals surface area contributed by atoms with Crippen molar-refractivity contribution in [3.8, 4) is 23.0 Å². The van der Waals surface area contributed by atoms with Gasteiger partial charge in [-0.3, -0.25) is 0 Å². The monoisotopic (exact) mass is 946 g/mol. The van der Waals surface area contributed by atoms with E-state index in [2.05, 4.69) is 107 Å². The Kier molecular flexibility index (Phi) is 18.2. The predicted molar refractivity (Wildman–Crippen MR) is 248 cm³/mol. The van der Waals surface area contributed by atoms with Crippen molar-refractivity contribution in [2.45, 2.75) is 83.6 Å². The van der Waals surface area contributed by atoms with E-state index in [9.17, 15) is 0 Å². The van der Waals surface area contributed by atoms with Crippen molar-refractivity contribution in [2.75, 3.05) is 79.3 Å². The van der Waals surface area contributed by atoms with Crippen LogP contribution in [0, 0.1) is 0 Å². The minimum absolute atomic E-state index is 0.424. The number of rotatable bonds is 10. The molecule has 10 heteroatoms. The quantitative estimate of drug-likeness (QED) is 0.101. The van der Waals surface area contributed by atoms with Crippen molar-refractivity contribution in [1.82, 2.24) is 0 Å². The molecule has 2 aliphatic rings. The second-order valence-corrected chi connectivity index (χ2v) is 42.1. The molecule has 0 aromatic heterocycles. The van der Waals surface area contributed by atoms with E-state index >= 15 is 0 Å². The fourth-order valence-corrected chi connectivity index (χ4v) is 13.0. The Hall–Kier alpha value is -2.99. The Morgan fingerprint density at radius 2 is 0.650 bits per heavy atom. The van der Waals surface area contributed by atoms with Crippen molar-refractivity contribution in [1.29, 1.82) is 0 Å². The third-order valence-corrected chi connectivity index (χ3v) is 18.7. The summed E-state index contributed by atoms with van der Waals surface area (Å²) in [5.41, 5.74) is 9.12. The molecule has 1 heterocycles. The molecule has 0 amide bonds. The molecule has 0 unspecified atom stereocenters. The summed E-state index contributed by atoms with van der Waals surface area (Å²) < 4.78 is 50.8. The summed E-state index contributed by atoms with van der Waals surface area (Å²) in [4.78, 5) is 0. The van der Waals surface area contributed by atoms with Crippen LogP contribution in [0.2, 0.25) is 45.0 Å². The van der Waals surface area contributed by atoms with Crippen LogP contribution in [0.5, 0.6) is 23.0 Å². The van der Waals surface area contributed by atoms with Crippen LogP contribution in [-0.2, 0) is 44.6 Å². The number of hydrogen-bond acceptors (Lipinski definition) is 8. The fourth-order valence-electron chi connectivity index (χ4n) is 7.95. The van der Waals surface area contributed by atoms with E-state index in [-0.39, 0.29) is 0 Å². The Morgan fingerprint density at radius 3 is 0.933 bits per heavy atom. The van der Waals surface area contributed by atoms with Gasteiger partial charge in [0.1, 0.15) is 0 Å². The molecule has 0 radical (unpaired) electrons. The molecule has 326 valence electrons. The summed E-state index contributed by atoms with van der Waals surface area (Å²) in [5, 5.41) is 2.54. The van der Waals surface area contributed by atoms with Gasteiger partial charge in [0.2, 0.25) is 0 Å². The Balaban J connectivity index is 1.46. The number of ether oxygens (including phenoxy) is 8. The molecule has 4 aromatic carbocycles. The van der Waals surface area contributed by atoms with Crippen molar-refractivity contribution in [3.63, 3.8) is 0 Å². The predicted octanol–water partition coefficient (Wildman–Crippen LogP) is 10.4. The minimum atomic E-state index is -1.73. The Labute approximate surface area is 365 Å². The van der Waals surface area contributed by atoms with Crippen molar-refractivity contribution in [2.24, 2.45) is 0 Å². The van der Waals surface area contributed by atoms with Gasteiger partial charge >= 0.3 is 309 Å². The van der Waals surface area contributed by atoms with Gasteiger partial charge in [-0.2, -0.15) is 0 Å². The number of benzene rings is 4. The zero-order chi connectivity index (χ0) is 42.2. The molecule has 10 bridgehead atoms. The topological polar surface area (TPSA) is 73.8 Å². The third-order valence-electron chi connectivity index (χ3n) is 10.9. The third kappa shape index (κ3) is 14.8. The van der Waals surface area contributed by atoms with E-state index in [1.54, 1.807) is 0 Å². The van der Waals surface area contributed by atoms with Crippen LogP contribution in [-0.4, -0.2) is 106 Å². The molecule has 1 aliphatic carbocycles. The molecule has 0 atom stereocenters. The van der Waals surface area contributed by atoms with Crippen molar-refractivity contribution in [3.05, 3.63) is 117 Å². The standard InChI is InChI=1S/C50H70Ge2O8/c1-51(2,3)21-11-23-57-47-39-13-7-14-40(47)36-44-18-10-20-46-38-42-16-8-15-41(48(42)58-24-12-22-52(4,5)6)37-45-19-9-17-43(35-39)49(45)59-33-31-55-29-27-53-25-26-54-28-30-56-32-34-60-50(44)46/h7-10,13-20H,11-12,21-38H2,1-6H3. The summed E-state index contributed by atoms with van der Waals surface area (Å²) in [7, 11) is 0. The van der Waals surface area contributed by atoms with Gasteiger partial charge in [0.25, 0.3) is 0 Å². The molecule has 60 heavy (non-hydrogen) atoms. The number of fused-ring (bicyclic) bond motifs is 2. The van der Waals surface area contributed by atoms with E-state index in [0.717, 1.165) is 80.3 Å². The zero-order valence-electron chi connectivity index (χ0n) is 37.3. The van der Waals surface area contributed by atoms with Crippen molar-refractivity contribution >= 4 is 26.5 Å². The number of hydrogen-bond donors (Lipinski definition) is 0. The zero-order valence-corrected chi connectivity index (χ0v) is 41.5. The molecule has 0 N–H and O–H groups in total. The van der Waals surface area contributed by atoms with Gasteiger partial charge in [-0.25, -0.2) is 0 Å².